The highest BCUT2D eigenvalue weighted by atomic mass is 16.7. The van der Waals surface area contributed by atoms with E-state index >= 15 is 0 Å². The van der Waals surface area contributed by atoms with Gasteiger partial charge in [-0.2, -0.15) is 0 Å². The van der Waals surface area contributed by atoms with E-state index in [0.29, 0.717) is 19.8 Å². The zero-order valence-electron chi connectivity index (χ0n) is 15.5. The summed E-state index contributed by atoms with van der Waals surface area (Å²) in [7, 11) is 0. The minimum absolute atomic E-state index is 0.164. The van der Waals surface area contributed by atoms with Gasteiger partial charge in [-0.15, -0.1) is 0 Å². The minimum Gasteiger partial charge on any atom is -0.373 e. The van der Waals surface area contributed by atoms with Crippen molar-refractivity contribution < 1.29 is 14.2 Å². The average Bonchev–Trinajstić information content (AvgIpc) is 3.12. The van der Waals surface area contributed by atoms with Gasteiger partial charge in [0.2, 0.25) is 0 Å². The molecule has 1 aliphatic heterocycles. The molecule has 1 saturated heterocycles. The SMILES string of the molecule is CC1(/C=C/CC(CCc2ccccc2)OCc2ccccc2)OCCO1. The van der Waals surface area contributed by atoms with Crippen molar-refractivity contribution in [1.82, 2.24) is 0 Å². The third-order valence-corrected chi connectivity index (χ3v) is 4.61. The molecule has 0 amide bonds. The summed E-state index contributed by atoms with van der Waals surface area (Å²) in [5.74, 6) is -0.580. The van der Waals surface area contributed by atoms with Gasteiger partial charge in [0.05, 0.1) is 25.9 Å². The van der Waals surface area contributed by atoms with Crippen molar-refractivity contribution in [3.63, 3.8) is 0 Å². The van der Waals surface area contributed by atoms with Crippen LogP contribution in [-0.2, 0) is 27.2 Å². The van der Waals surface area contributed by atoms with Crippen molar-refractivity contribution in [3.05, 3.63) is 83.9 Å². The van der Waals surface area contributed by atoms with Crippen molar-refractivity contribution >= 4 is 0 Å². The molecule has 1 fully saturated rings. The number of hydrogen-bond acceptors (Lipinski definition) is 3. The number of aryl methyl sites for hydroxylation is 1. The second kappa shape index (κ2) is 9.67. The summed E-state index contributed by atoms with van der Waals surface area (Å²) in [6.45, 7) is 3.91. The fourth-order valence-electron chi connectivity index (χ4n) is 3.09. The van der Waals surface area contributed by atoms with Gasteiger partial charge in [0, 0.05) is 0 Å². The number of ether oxygens (including phenoxy) is 3. The Labute approximate surface area is 156 Å². The average molecular weight is 352 g/mol. The normalized spacial score (nSPS) is 17.6. The summed E-state index contributed by atoms with van der Waals surface area (Å²) in [4.78, 5) is 0. The molecule has 26 heavy (non-hydrogen) atoms. The topological polar surface area (TPSA) is 27.7 Å². The Balaban J connectivity index is 1.55. The molecule has 1 heterocycles. The first-order valence-electron chi connectivity index (χ1n) is 9.39. The summed E-state index contributed by atoms with van der Waals surface area (Å²) in [5.41, 5.74) is 2.55. The van der Waals surface area contributed by atoms with Gasteiger partial charge < -0.3 is 14.2 Å². The summed E-state index contributed by atoms with van der Waals surface area (Å²) in [5, 5.41) is 0. The summed E-state index contributed by atoms with van der Waals surface area (Å²) >= 11 is 0. The molecule has 1 unspecified atom stereocenters. The Bertz CT molecular complexity index is 617. The molecule has 0 saturated carbocycles. The zero-order valence-corrected chi connectivity index (χ0v) is 15.5. The second-order valence-corrected chi connectivity index (χ2v) is 6.79. The lowest BCUT2D eigenvalue weighted by Gasteiger charge is -2.19. The van der Waals surface area contributed by atoms with Crippen LogP contribution in [0.3, 0.4) is 0 Å². The Morgan fingerprint density at radius 1 is 0.962 bits per heavy atom. The van der Waals surface area contributed by atoms with Crippen LogP contribution in [0.2, 0.25) is 0 Å². The first-order valence-corrected chi connectivity index (χ1v) is 9.39. The molecular formula is C23H28O3. The van der Waals surface area contributed by atoms with Crippen molar-refractivity contribution in [3.8, 4) is 0 Å². The van der Waals surface area contributed by atoms with E-state index in [9.17, 15) is 0 Å². The van der Waals surface area contributed by atoms with Gasteiger partial charge in [-0.3, -0.25) is 0 Å². The standard InChI is InChI=1S/C23H28O3/c1-23(25-17-18-26-23)16-8-13-22(15-14-20-9-4-2-5-10-20)24-19-21-11-6-3-7-12-21/h2-12,16,22H,13-15,17-19H2,1H3/b16-8+. The summed E-state index contributed by atoms with van der Waals surface area (Å²) in [6, 6.07) is 20.9. The minimum atomic E-state index is -0.580. The predicted molar refractivity (Wildman–Crippen MR) is 104 cm³/mol. The van der Waals surface area contributed by atoms with Gasteiger partial charge in [-0.25, -0.2) is 0 Å². The molecule has 2 aromatic rings. The summed E-state index contributed by atoms with van der Waals surface area (Å²) in [6.07, 6.45) is 7.16. The van der Waals surface area contributed by atoms with Crippen molar-refractivity contribution in [2.45, 2.75) is 44.7 Å². The molecule has 3 heteroatoms. The highest BCUT2D eigenvalue weighted by molar-refractivity contribution is 5.15. The van der Waals surface area contributed by atoms with Crippen LogP contribution >= 0.6 is 0 Å². The Morgan fingerprint density at radius 2 is 1.58 bits per heavy atom. The van der Waals surface area contributed by atoms with Gasteiger partial charge in [0.15, 0.2) is 5.79 Å². The third kappa shape index (κ3) is 6.10. The van der Waals surface area contributed by atoms with Crippen LogP contribution in [0.25, 0.3) is 0 Å². The smallest absolute Gasteiger partial charge is 0.185 e. The highest BCUT2D eigenvalue weighted by Crippen LogP contribution is 2.21. The molecule has 0 bridgehead atoms. The van der Waals surface area contributed by atoms with Crippen LogP contribution < -0.4 is 0 Å². The van der Waals surface area contributed by atoms with E-state index in [1.807, 2.05) is 31.2 Å². The van der Waals surface area contributed by atoms with Crippen LogP contribution in [0.1, 0.15) is 30.9 Å². The Hall–Kier alpha value is -1.94. The first kappa shape index (κ1) is 18.8. The van der Waals surface area contributed by atoms with Gasteiger partial charge in [0.25, 0.3) is 0 Å². The molecule has 0 aliphatic carbocycles. The van der Waals surface area contributed by atoms with Gasteiger partial charge in [-0.1, -0.05) is 66.7 Å². The predicted octanol–water partition coefficient (Wildman–Crippen LogP) is 4.91. The first-order chi connectivity index (χ1) is 12.7. The number of rotatable bonds is 9. The lowest BCUT2D eigenvalue weighted by molar-refractivity contribution is -0.1000. The molecule has 0 N–H and O–H groups in total. The Kier molecular flexibility index (Phi) is 7.01. The monoisotopic (exact) mass is 352 g/mol. The van der Waals surface area contributed by atoms with Crippen LogP contribution in [-0.4, -0.2) is 25.1 Å². The van der Waals surface area contributed by atoms with E-state index in [-0.39, 0.29) is 6.10 Å². The largest absolute Gasteiger partial charge is 0.373 e. The van der Waals surface area contributed by atoms with Crippen molar-refractivity contribution in [2.24, 2.45) is 0 Å². The van der Waals surface area contributed by atoms with E-state index in [1.165, 1.54) is 11.1 Å². The van der Waals surface area contributed by atoms with Crippen molar-refractivity contribution in [1.29, 1.82) is 0 Å². The molecule has 3 rings (SSSR count). The van der Waals surface area contributed by atoms with E-state index in [2.05, 4.69) is 48.5 Å². The lowest BCUT2D eigenvalue weighted by atomic mass is 10.0. The van der Waals surface area contributed by atoms with Gasteiger partial charge in [-0.05, 0) is 43.4 Å². The van der Waals surface area contributed by atoms with Crippen LogP contribution in [0.4, 0.5) is 0 Å². The maximum absolute atomic E-state index is 6.21. The zero-order chi connectivity index (χ0) is 18.1. The van der Waals surface area contributed by atoms with E-state index in [1.54, 1.807) is 0 Å². The fourth-order valence-corrected chi connectivity index (χ4v) is 3.09. The molecule has 3 nitrogen and oxygen atoms in total. The Morgan fingerprint density at radius 3 is 2.23 bits per heavy atom. The van der Waals surface area contributed by atoms with E-state index < -0.39 is 5.79 Å². The maximum atomic E-state index is 6.21. The molecule has 1 aliphatic rings. The van der Waals surface area contributed by atoms with E-state index in [0.717, 1.165) is 19.3 Å². The number of hydrogen-bond donors (Lipinski definition) is 0. The molecule has 138 valence electrons. The molecule has 0 spiro atoms. The molecule has 0 radical (unpaired) electrons. The quantitative estimate of drug-likeness (QED) is 0.600. The van der Waals surface area contributed by atoms with Gasteiger partial charge in [0.1, 0.15) is 0 Å². The molecule has 1 atom stereocenters. The summed E-state index contributed by atoms with van der Waals surface area (Å²) < 4.78 is 17.5. The van der Waals surface area contributed by atoms with Crippen LogP contribution in [0.15, 0.2) is 72.8 Å². The molecule has 0 aromatic heterocycles. The van der Waals surface area contributed by atoms with Crippen LogP contribution in [0, 0.1) is 0 Å². The van der Waals surface area contributed by atoms with E-state index in [4.69, 9.17) is 14.2 Å². The molecule has 2 aromatic carbocycles. The van der Waals surface area contributed by atoms with Crippen molar-refractivity contribution in [2.75, 3.05) is 13.2 Å². The third-order valence-electron chi connectivity index (χ3n) is 4.61. The lowest BCUT2D eigenvalue weighted by Crippen LogP contribution is -2.22. The fraction of sp³-hybridized carbons (Fsp3) is 0.391. The van der Waals surface area contributed by atoms with Gasteiger partial charge >= 0.3 is 0 Å². The maximum Gasteiger partial charge on any atom is 0.185 e. The highest BCUT2D eigenvalue weighted by Gasteiger charge is 2.27. The number of benzene rings is 2. The molecular weight excluding hydrogens is 324 g/mol. The second-order valence-electron chi connectivity index (χ2n) is 6.79. The van der Waals surface area contributed by atoms with Crippen LogP contribution in [0.5, 0.6) is 0 Å².